The van der Waals surface area contributed by atoms with Gasteiger partial charge in [-0.05, 0) is 54.5 Å². The Balaban J connectivity index is 1.79. The monoisotopic (exact) mass is 465 g/mol. The molecule has 9 heteroatoms. The minimum atomic E-state index is -0.726. The second kappa shape index (κ2) is 11.1. The molecule has 0 spiro atoms. The van der Waals surface area contributed by atoms with E-state index < -0.39 is 17.8 Å². The number of amides is 5. The van der Waals surface area contributed by atoms with Crippen LogP contribution in [0.1, 0.15) is 37.8 Å². The first-order valence-corrected chi connectivity index (χ1v) is 10.9. The van der Waals surface area contributed by atoms with Crippen molar-refractivity contribution in [3.63, 3.8) is 0 Å². The van der Waals surface area contributed by atoms with Crippen molar-refractivity contribution in [1.82, 2.24) is 10.2 Å². The number of ether oxygens (including phenoxy) is 2. The van der Waals surface area contributed by atoms with E-state index in [9.17, 15) is 19.2 Å². The molecule has 1 aliphatic rings. The number of urea groups is 1. The van der Waals surface area contributed by atoms with Crippen molar-refractivity contribution < 1.29 is 28.7 Å². The van der Waals surface area contributed by atoms with E-state index in [2.05, 4.69) is 10.6 Å². The van der Waals surface area contributed by atoms with Crippen LogP contribution in [0.3, 0.4) is 0 Å². The second-order valence-electron chi connectivity index (χ2n) is 7.69. The third-order valence-electron chi connectivity index (χ3n) is 5.11. The topological polar surface area (TPSA) is 114 Å². The molecule has 2 N–H and O–H groups in total. The molecule has 0 atom stereocenters. The SMILES string of the molecule is CCCCN1C(=O)NC(=O)/C(=C/c2ccc(OC)c(COc3ccc(NC(C)=O)cc3)c2)C1=O. The predicted octanol–water partition coefficient (Wildman–Crippen LogP) is 3.49. The zero-order chi connectivity index (χ0) is 24.7. The van der Waals surface area contributed by atoms with E-state index in [1.807, 2.05) is 6.92 Å². The largest absolute Gasteiger partial charge is 0.496 e. The molecular formula is C25H27N3O6. The summed E-state index contributed by atoms with van der Waals surface area (Å²) in [7, 11) is 1.54. The summed E-state index contributed by atoms with van der Waals surface area (Å²) in [5.74, 6) is -0.332. The molecule has 178 valence electrons. The van der Waals surface area contributed by atoms with Crippen molar-refractivity contribution in [3.05, 3.63) is 59.2 Å². The molecule has 2 aromatic carbocycles. The molecule has 0 aliphatic carbocycles. The van der Waals surface area contributed by atoms with Crippen LogP contribution in [-0.4, -0.2) is 42.3 Å². The predicted molar refractivity (Wildman–Crippen MR) is 126 cm³/mol. The molecule has 1 heterocycles. The molecular weight excluding hydrogens is 438 g/mol. The summed E-state index contributed by atoms with van der Waals surface area (Å²) in [6, 6.07) is 11.4. The van der Waals surface area contributed by atoms with Crippen LogP contribution in [0.5, 0.6) is 11.5 Å². The van der Waals surface area contributed by atoms with E-state index in [0.717, 1.165) is 11.3 Å². The molecule has 0 radical (unpaired) electrons. The first kappa shape index (κ1) is 24.5. The lowest BCUT2D eigenvalue weighted by Gasteiger charge is -2.26. The summed E-state index contributed by atoms with van der Waals surface area (Å²) in [4.78, 5) is 49.3. The highest BCUT2D eigenvalue weighted by Crippen LogP contribution is 2.25. The van der Waals surface area contributed by atoms with Crippen LogP contribution in [0.2, 0.25) is 0 Å². The number of unbranched alkanes of at least 4 members (excludes halogenated alkanes) is 1. The third kappa shape index (κ3) is 6.00. The Morgan fingerprint density at radius 2 is 1.85 bits per heavy atom. The summed E-state index contributed by atoms with van der Waals surface area (Å²) >= 11 is 0. The molecule has 5 amide bonds. The van der Waals surface area contributed by atoms with Crippen molar-refractivity contribution in [2.24, 2.45) is 0 Å². The van der Waals surface area contributed by atoms with Gasteiger partial charge in [0, 0.05) is 24.7 Å². The Hall–Kier alpha value is -4.14. The van der Waals surface area contributed by atoms with Crippen molar-refractivity contribution in [2.75, 3.05) is 19.0 Å². The van der Waals surface area contributed by atoms with E-state index in [-0.39, 0.29) is 24.6 Å². The zero-order valence-electron chi connectivity index (χ0n) is 19.3. The summed E-state index contributed by atoms with van der Waals surface area (Å²) in [6.07, 6.45) is 2.91. The van der Waals surface area contributed by atoms with Gasteiger partial charge in [0.1, 0.15) is 23.7 Å². The minimum Gasteiger partial charge on any atom is -0.496 e. The van der Waals surface area contributed by atoms with Crippen LogP contribution in [0.25, 0.3) is 6.08 Å². The van der Waals surface area contributed by atoms with Gasteiger partial charge in [0.05, 0.1) is 7.11 Å². The maximum Gasteiger partial charge on any atom is 0.331 e. The maximum absolute atomic E-state index is 12.8. The smallest absolute Gasteiger partial charge is 0.331 e. The fraction of sp³-hybridized carbons (Fsp3) is 0.280. The highest BCUT2D eigenvalue weighted by molar-refractivity contribution is 6.31. The van der Waals surface area contributed by atoms with Gasteiger partial charge in [0.2, 0.25) is 5.91 Å². The molecule has 3 rings (SSSR count). The lowest BCUT2D eigenvalue weighted by atomic mass is 10.0. The van der Waals surface area contributed by atoms with Crippen molar-refractivity contribution >= 4 is 35.5 Å². The quantitative estimate of drug-likeness (QED) is 0.433. The lowest BCUT2D eigenvalue weighted by Crippen LogP contribution is -2.54. The van der Waals surface area contributed by atoms with E-state index in [1.165, 1.54) is 20.1 Å². The van der Waals surface area contributed by atoms with Crippen LogP contribution in [0.4, 0.5) is 10.5 Å². The average Bonchev–Trinajstić information content (AvgIpc) is 2.81. The molecule has 0 unspecified atom stereocenters. The number of hydrogen-bond donors (Lipinski definition) is 2. The van der Waals surface area contributed by atoms with Crippen molar-refractivity contribution in [1.29, 1.82) is 0 Å². The van der Waals surface area contributed by atoms with E-state index in [0.29, 0.717) is 34.7 Å². The fourth-order valence-electron chi connectivity index (χ4n) is 3.38. The van der Waals surface area contributed by atoms with E-state index >= 15 is 0 Å². The lowest BCUT2D eigenvalue weighted by molar-refractivity contribution is -0.130. The first-order chi connectivity index (χ1) is 16.3. The van der Waals surface area contributed by atoms with Gasteiger partial charge in [-0.25, -0.2) is 4.79 Å². The van der Waals surface area contributed by atoms with Crippen LogP contribution < -0.4 is 20.1 Å². The highest BCUT2D eigenvalue weighted by atomic mass is 16.5. The molecule has 0 aromatic heterocycles. The number of imide groups is 2. The van der Waals surface area contributed by atoms with Crippen LogP contribution in [0.15, 0.2) is 48.0 Å². The molecule has 1 fully saturated rings. The number of rotatable bonds is 9. The Morgan fingerprint density at radius 3 is 2.50 bits per heavy atom. The van der Waals surface area contributed by atoms with Gasteiger partial charge in [0.25, 0.3) is 11.8 Å². The Labute approximate surface area is 197 Å². The van der Waals surface area contributed by atoms with Crippen LogP contribution in [0, 0.1) is 0 Å². The average molecular weight is 466 g/mol. The summed E-state index contributed by atoms with van der Waals surface area (Å²) in [5.41, 5.74) is 1.84. The van der Waals surface area contributed by atoms with Crippen molar-refractivity contribution in [3.8, 4) is 11.5 Å². The van der Waals surface area contributed by atoms with Gasteiger partial charge in [-0.3, -0.25) is 24.6 Å². The minimum absolute atomic E-state index is 0.110. The standard InChI is InChI=1S/C25H27N3O6/c1-4-5-12-28-24(31)21(23(30)27-25(28)32)14-17-6-11-22(33-3)18(13-17)15-34-20-9-7-19(8-10-20)26-16(2)29/h6-11,13-14H,4-5,12,15H2,1-3H3,(H,26,29)(H,27,30,32)/b21-14-. The summed E-state index contributed by atoms with van der Waals surface area (Å²) in [6.45, 7) is 3.80. The third-order valence-corrected chi connectivity index (χ3v) is 5.11. The number of carbonyl (C=O) groups is 4. The number of barbiturate groups is 1. The normalized spacial score (nSPS) is 14.7. The molecule has 34 heavy (non-hydrogen) atoms. The van der Waals surface area contributed by atoms with Gasteiger partial charge in [-0.15, -0.1) is 0 Å². The number of carbonyl (C=O) groups excluding carboxylic acids is 4. The number of anilines is 1. The van der Waals surface area contributed by atoms with Crippen LogP contribution in [-0.2, 0) is 21.0 Å². The molecule has 1 saturated heterocycles. The second-order valence-corrected chi connectivity index (χ2v) is 7.69. The van der Waals surface area contributed by atoms with Gasteiger partial charge in [0.15, 0.2) is 0 Å². The maximum atomic E-state index is 12.8. The Kier molecular flexibility index (Phi) is 8.02. The molecule has 1 aliphatic heterocycles. The number of hydrogen-bond acceptors (Lipinski definition) is 6. The fourth-order valence-corrected chi connectivity index (χ4v) is 3.38. The van der Waals surface area contributed by atoms with Gasteiger partial charge in [-0.1, -0.05) is 19.4 Å². The molecule has 0 bridgehead atoms. The van der Waals surface area contributed by atoms with E-state index in [1.54, 1.807) is 42.5 Å². The number of methoxy groups -OCH3 is 1. The summed E-state index contributed by atoms with van der Waals surface area (Å²) < 4.78 is 11.3. The van der Waals surface area contributed by atoms with Crippen molar-refractivity contribution in [2.45, 2.75) is 33.3 Å². The van der Waals surface area contributed by atoms with Gasteiger partial charge in [-0.2, -0.15) is 0 Å². The number of benzene rings is 2. The van der Waals surface area contributed by atoms with E-state index in [4.69, 9.17) is 9.47 Å². The molecule has 0 saturated carbocycles. The Bertz CT molecular complexity index is 1120. The zero-order valence-corrected chi connectivity index (χ0v) is 19.3. The van der Waals surface area contributed by atoms with Crippen LogP contribution >= 0.6 is 0 Å². The first-order valence-electron chi connectivity index (χ1n) is 10.9. The number of nitrogens with zero attached hydrogens (tertiary/aromatic N) is 1. The highest BCUT2D eigenvalue weighted by Gasteiger charge is 2.35. The Morgan fingerprint density at radius 1 is 1.12 bits per heavy atom. The number of nitrogens with one attached hydrogen (secondary N) is 2. The molecule has 9 nitrogen and oxygen atoms in total. The van der Waals surface area contributed by atoms with Gasteiger partial charge >= 0.3 is 6.03 Å². The van der Waals surface area contributed by atoms with Gasteiger partial charge < -0.3 is 14.8 Å². The molecule has 2 aromatic rings. The summed E-state index contributed by atoms with van der Waals surface area (Å²) in [5, 5.41) is 4.91.